The molecule has 6 heteroatoms. The molecule has 0 amide bonds. The fraction of sp³-hybridized carbons (Fsp3) is 1.00. The molecule has 3 saturated heterocycles. The molecule has 4 aliphatic rings. The van der Waals surface area contributed by atoms with Crippen LogP contribution < -0.4 is 0 Å². The highest BCUT2D eigenvalue weighted by atomic mass is 16.6. The molecular formula is C22H42O6. The predicted octanol–water partition coefficient (Wildman–Crippen LogP) is 3.60. The molecule has 3 aliphatic heterocycles. The minimum atomic E-state index is -0.393. The molecule has 4 fully saturated rings. The van der Waals surface area contributed by atoms with Gasteiger partial charge in [-0.3, -0.25) is 0 Å². The van der Waals surface area contributed by atoms with Gasteiger partial charge in [-0.1, -0.05) is 27.7 Å². The zero-order chi connectivity index (χ0) is 20.4. The summed E-state index contributed by atoms with van der Waals surface area (Å²) in [7, 11) is 0. The van der Waals surface area contributed by atoms with Crippen LogP contribution in [0.4, 0.5) is 0 Å². The Hall–Kier alpha value is -0.240. The van der Waals surface area contributed by atoms with Crippen molar-refractivity contribution in [3.05, 3.63) is 0 Å². The Labute approximate surface area is 171 Å². The van der Waals surface area contributed by atoms with Crippen molar-refractivity contribution < 1.29 is 28.4 Å². The topological polar surface area (TPSA) is 65.3 Å². The Balaban J connectivity index is 0.000000231. The lowest BCUT2D eigenvalue weighted by Crippen LogP contribution is -2.41. The molecule has 0 aromatic rings. The van der Waals surface area contributed by atoms with Crippen molar-refractivity contribution in [1.29, 1.82) is 0 Å². The number of ether oxygens (including phenoxy) is 6. The quantitative estimate of drug-likeness (QED) is 0.389. The van der Waals surface area contributed by atoms with Crippen molar-refractivity contribution in [3.8, 4) is 0 Å². The Morgan fingerprint density at radius 1 is 0.929 bits per heavy atom. The average Bonchev–Trinajstić information content (AvgIpc) is 3.55. The average molecular weight is 403 g/mol. The van der Waals surface area contributed by atoms with Crippen LogP contribution in [0.3, 0.4) is 0 Å². The van der Waals surface area contributed by atoms with Gasteiger partial charge in [0.1, 0.15) is 17.8 Å². The van der Waals surface area contributed by atoms with E-state index in [1.54, 1.807) is 0 Å². The van der Waals surface area contributed by atoms with E-state index >= 15 is 0 Å². The first-order chi connectivity index (χ1) is 13.6. The summed E-state index contributed by atoms with van der Waals surface area (Å²) in [5.74, 6) is 0.929. The van der Waals surface area contributed by atoms with E-state index < -0.39 is 5.60 Å². The van der Waals surface area contributed by atoms with E-state index in [-0.39, 0.29) is 12.2 Å². The number of hydrogen-bond acceptors (Lipinski definition) is 6. The molecular weight excluding hydrogens is 360 g/mol. The summed E-state index contributed by atoms with van der Waals surface area (Å²) < 4.78 is 32.7. The van der Waals surface area contributed by atoms with Crippen LogP contribution in [0.25, 0.3) is 0 Å². The summed E-state index contributed by atoms with van der Waals surface area (Å²) in [6.45, 7) is 15.2. The minimum absolute atomic E-state index is 0.266. The second kappa shape index (κ2) is 12.5. The highest BCUT2D eigenvalue weighted by molar-refractivity contribution is 4.90. The van der Waals surface area contributed by atoms with Crippen LogP contribution in [0.2, 0.25) is 0 Å². The van der Waals surface area contributed by atoms with Crippen molar-refractivity contribution in [2.75, 3.05) is 46.2 Å². The Morgan fingerprint density at radius 3 is 2.14 bits per heavy atom. The second-order valence-electron chi connectivity index (χ2n) is 8.37. The maximum Gasteiger partial charge on any atom is 0.112 e. The van der Waals surface area contributed by atoms with Crippen molar-refractivity contribution in [1.82, 2.24) is 0 Å². The van der Waals surface area contributed by atoms with Crippen LogP contribution in [0.15, 0.2) is 0 Å². The van der Waals surface area contributed by atoms with Gasteiger partial charge >= 0.3 is 0 Å². The molecule has 0 aromatic heterocycles. The van der Waals surface area contributed by atoms with Gasteiger partial charge in [-0.25, -0.2) is 0 Å². The van der Waals surface area contributed by atoms with Gasteiger partial charge in [-0.2, -0.15) is 0 Å². The third-order valence-electron chi connectivity index (χ3n) is 5.16. The standard InChI is InChI=1S/C13H24O5.C7H12O.C2H6/c1-3-4-14-9-13(2,18-8-12-7-17-12)10-15-5-11-6-16-11;1-5-2-3-6-7(4-5)8-6;1-2/h11-12H,3-10H2,1-2H3;5-7H,2-4H2,1H3;1-2H3. The third-order valence-corrected chi connectivity index (χ3v) is 5.16. The molecule has 28 heavy (non-hydrogen) atoms. The van der Waals surface area contributed by atoms with E-state index in [0.29, 0.717) is 38.6 Å². The molecule has 1 aliphatic carbocycles. The maximum atomic E-state index is 5.89. The van der Waals surface area contributed by atoms with E-state index in [1.165, 1.54) is 19.3 Å². The fourth-order valence-corrected chi connectivity index (χ4v) is 3.19. The normalized spacial score (nSPS) is 34.0. The monoisotopic (exact) mass is 402 g/mol. The number of epoxide rings is 3. The molecule has 0 N–H and O–H groups in total. The molecule has 1 saturated carbocycles. The first-order valence-electron chi connectivity index (χ1n) is 11.3. The Kier molecular flexibility index (Phi) is 10.7. The second-order valence-corrected chi connectivity index (χ2v) is 8.37. The lowest BCUT2D eigenvalue weighted by Gasteiger charge is -2.29. The predicted molar refractivity (Wildman–Crippen MR) is 109 cm³/mol. The van der Waals surface area contributed by atoms with Crippen LogP contribution in [0.5, 0.6) is 0 Å². The van der Waals surface area contributed by atoms with E-state index in [2.05, 4.69) is 13.8 Å². The zero-order valence-electron chi connectivity index (χ0n) is 18.6. The van der Waals surface area contributed by atoms with Gasteiger partial charge in [0.15, 0.2) is 0 Å². The summed E-state index contributed by atoms with van der Waals surface area (Å²) in [6, 6.07) is 0. The van der Waals surface area contributed by atoms with E-state index in [1.807, 2.05) is 20.8 Å². The van der Waals surface area contributed by atoms with E-state index in [4.69, 9.17) is 28.4 Å². The van der Waals surface area contributed by atoms with Gasteiger partial charge < -0.3 is 28.4 Å². The lowest BCUT2D eigenvalue weighted by molar-refractivity contribution is -0.129. The number of rotatable bonds is 11. The highest BCUT2D eigenvalue weighted by Crippen LogP contribution is 2.38. The number of fused-ring (bicyclic) bond motifs is 1. The summed E-state index contributed by atoms with van der Waals surface area (Å²) >= 11 is 0. The van der Waals surface area contributed by atoms with Crippen LogP contribution in [-0.4, -0.2) is 76.3 Å². The molecule has 6 nitrogen and oxygen atoms in total. The van der Waals surface area contributed by atoms with Gasteiger partial charge in [0, 0.05) is 6.61 Å². The van der Waals surface area contributed by atoms with Gasteiger partial charge in [0.25, 0.3) is 0 Å². The smallest absolute Gasteiger partial charge is 0.112 e. The van der Waals surface area contributed by atoms with Crippen LogP contribution in [-0.2, 0) is 28.4 Å². The molecule has 6 atom stereocenters. The molecule has 0 aromatic carbocycles. The molecule has 4 rings (SSSR count). The summed E-state index contributed by atoms with van der Waals surface area (Å²) in [6.07, 6.45) is 6.97. The molecule has 0 bridgehead atoms. The molecule has 6 unspecified atom stereocenters. The lowest BCUT2D eigenvalue weighted by atomic mass is 9.91. The van der Waals surface area contributed by atoms with Gasteiger partial charge in [-0.15, -0.1) is 0 Å². The maximum absolute atomic E-state index is 5.89. The van der Waals surface area contributed by atoms with Crippen LogP contribution in [0.1, 0.15) is 60.3 Å². The largest absolute Gasteiger partial charge is 0.378 e. The summed E-state index contributed by atoms with van der Waals surface area (Å²) in [5, 5.41) is 0. The first-order valence-corrected chi connectivity index (χ1v) is 11.3. The van der Waals surface area contributed by atoms with Crippen molar-refractivity contribution >= 4 is 0 Å². The van der Waals surface area contributed by atoms with Crippen LogP contribution in [0, 0.1) is 5.92 Å². The van der Waals surface area contributed by atoms with E-state index in [0.717, 1.165) is 32.2 Å². The third kappa shape index (κ3) is 9.99. The first kappa shape index (κ1) is 24.0. The Morgan fingerprint density at radius 2 is 1.57 bits per heavy atom. The van der Waals surface area contributed by atoms with Crippen LogP contribution >= 0.6 is 0 Å². The molecule has 3 heterocycles. The fourth-order valence-electron chi connectivity index (χ4n) is 3.19. The van der Waals surface area contributed by atoms with Crippen molar-refractivity contribution in [2.45, 2.75) is 90.3 Å². The van der Waals surface area contributed by atoms with E-state index in [9.17, 15) is 0 Å². The minimum Gasteiger partial charge on any atom is -0.378 e. The SMILES string of the molecule is CC.CC1CCC2OC2C1.CCCOCC(C)(COCC1CO1)OCC1CO1. The highest BCUT2D eigenvalue weighted by Gasteiger charge is 2.42. The molecule has 0 radical (unpaired) electrons. The molecule has 0 spiro atoms. The Bertz CT molecular complexity index is 412. The summed E-state index contributed by atoms with van der Waals surface area (Å²) in [4.78, 5) is 0. The van der Waals surface area contributed by atoms with Crippen molar-refractivity contribution in [2.24, 2.45) is 5.92 Å². The zero-order valence-corrected chi connectivity index (χ0v) is 18.6. The van der Waals surface area contributed by atoms with Gasteiger partial charge in [0.05, 0.1) is 51.8 Å². The molecule has 166 valence electrons. The van der Waals surface area contributed by atoms with Gasteiger partial charge in [0.2, 0.25) is 0 Å². The summed E-state index contributed by atoms with van der Waals surface area (Å²) in [5.41, 5.74) is -0.393. The van der Waals surface area contributed by atoms with Crippen molar-refractivity contribution in [3.63, 3.8) is 0 Å². The van der Waals surface area contributed by atoms with Gasteiger partial charge in [-0.05, 0) is 38.5 Å². The number of hydrogen-bond donors (Lipinski definition) is 0.